The van der Waals surface area contributed by atoms with Crippen LogP contribution in [0, 0.1) is 0 Å². The highest BCUT2D eigenvalue weighted by Gasteiger charge is 2.13. The Morgan fingerprint density at radius 3 is 2.55 bits per heavy atom. The summed E-state index contributed by atoms with van der Waals surface area (Å²) in [5, 5.41) is 4.65. The monoisotopic (exact) mass is 502 g/mol. The number of benzene rings is 2. The average Bonchev–Trinajstić information content (AvgIpc) is 2.72. The molecular weight excluding hydrogens is 479 g/mol. The number of methoxy groups -OCH3 is 1. The molecule has 0 spiro atoms. The minimum atomic E-state index is 0.262. The van der Waals surface area contributed by atoms with E-state index >= 15 is 0 Å². The third-order valence-electron chi connectivity index (χ3n) is 4.79. The Kier molecular flexibility index (Phi) is 8.90. The highest BCUT2D eigenvalue weighted by atomic mass is 79.9. The molecule has 1 saturated heterocycles. The molecule has 3 rings (SSSR count). The van der Waals surface area contributed by atoms with Crippen molar-refractivity contribution < 1.29 is 14.2 Å². The Hall–Kier alpha value is -1.02. The quantitative estimate of drug-likeness (QED) is 0.499. The highest BCUT2D eigenvalue weighted by molar-refractivity contribution is 9.10. The first-order chi connectivity index (χ1) is 14.1. The van der Waals surface area contributed by atoms with Gasteiger partial charge in [-0.05, 0) is 29.8 Å². The van der Waals surface area contributed by atoms with E-state index < -0.39 is 0 Å². The summed E-state index contributed by atoms with van der Waals surface area (Å²) in [5.41, 5.74) is 1.86. The summed E-state index contributed by atoms with van der Waals surface area (Å²) in [5.74, 6) is 1.30. The Balaban J connectivity index is 1.58. The molecule has 0 aliphatic carbocycles. The minimum absolute atomic E-state index is 0.262. The van der Waals surface area contributed by atoms with Crippen molar-refractivity contribution in [1.82, 2.24) is 10.2 Å². The van der Waals surface area contributed by atoms with Gasteiger partial charge in [-0.2, -0.15) is 0 Å². The maximum atomic E-state index is 6.23. The van der Waals surface area contributed by atoms with Crippen molar-refractivity contribution in [2.45, 2.75) is 13.2 Å². The fourth-order valence-corrected chi connectivity index (χ4v) is 4.06. The maximum Gasteiger partial charge on any atom is 0.162 e. The second-order valence-corrected chi connectivity index (χ2v) is 8.38. The van der Waals surface area contributed by atoms with E-state index in [4.69, 9.17) is 37.4 Å². The van der Waals surface area contributed by atoms with E-state index in [0.717, 1.165) is 61.5 Å². The molecule has 2 aromatic rings. The summed E-state index contributed by atoms with van der Waals surface area (Å²) in [4.78, 5) is 2.41. The van der Waals surface area contributed by atoms with Crippen LogP contribution in [0.1, 0.15) is 11.1 Å². The Morgan fingerprint density at radius 1 is 1.14 bits per heavy atom. The van der Waals surface area contributed by atoms with Crippen LogP contribution in [0.15, 0.2) is 34.8 Å². The fourth-order valence-electron chi connectivity index (χ4n) is 3.09. The molecule has 0 radical (unpaired) electrons. The van der Waals surface area contributed by atoms with Gasteiger partial charge in [-0.3, -0.25) is 4.90 Å². The topological polar surface area (TPSA) is 43.0 Å². The molecule has 158 valence electrons. The van der Waals surface area contributed by atoms with Crippen LogP contribution in [-0.4, -0.2) is 51.4 Å². The van der Waals surface area contributed by atoms with Gasteiger partial charge in [0.2, 0.25) is 0 Å². The van der Waals surface area contributed by atoms with Crippen molar-refractivity contribution >= 4 is 39.1 Å². The van der Waals surface area contributed by atoms with Gasteiger partial charge in [0, 0.05) is 52.8 Å². The largest absolute Gasteiger partial charge is 0.493 e. The summed E-state index contributed by atoms with van der Waals surface area (Å²) in [6.07, 6.45) is 0. The molecule has 0 saturated carbocycles. The second-order valence-electron chi connectivity index (χ2n) is 6.71. The van der Waals surface area contributed by atoms with Crippen LogP contribution in [0.5, 0.6) is 11.5 Å². The molecule has 0 bridgehead atoms. The molecule has 2 aromatic carbocycles. The fraction of sp³-hybridized carbons (Fsp3) is 0.429. The second kappa shape index (κ2) is 11.4. The van der Waals surface area contributed by atoms with Gasteiger partial charge in [0.05, 0.1) is 20.3 Å². The standard InChI is InChI=1S/C21H25BrCl2N2O3/c1-27-20-11-15(13-25-5-6-26-7-9-28-10-8-26)17(22)12-21(20)29-14-16-18(23)3-2-4-19(16)24/h2-4,11-12,25H,5-10,13-14H2,1H3. The van der Waals surface area contributed by atoms with Gasteiger partial charge in [0.25, 0.3) is 0 Å². The van der Waals surface area contributed by atoms with Crippen molar-refractivity contribution in [1.29, 1.82) is 0 Å². The molecule has 1 heterocycles. The van der Waals surface area contributed by atoms with Gasteiger partial charge >= 0.3 is 0 Å². The summed E-state index contributed by atoms with van der Waals surface area (Å²) in [6, 6.07) is 9.31. The first-order valence-corrected chi connectivity index (χ1v) is 11.1. The third kappa shape index (κ3) is 6.48. The van der Waals surface area contributed by atoms with Crippen molar-refractivity contribution in [3.63, 3.8) is 0 Å². The molecule has 8 heteroatoms. The van der Waals surface area contributed by atoms with E-state index in [2.05, 4.69) is 26.1 Å². The van der Waals surface area contributed by atoms with E-state index in [1.807, 2.05) is 18.2 Å². The van der Waals surface area contributed by atoms with Gasteiger partial charge in [0.15, 0.2) is 11.5 Å². The van der Waals surface area contributed by atoms with Gasteiger partial charge in [-0.25, -0.2) is 0 Å². The predicted octanol–water partition coefficient (Wildman–Crippen LogP) is 4.77. The molecule has 1 aliphatic heterocycles. The van der Waals surface area contributed by atoms with E-state index in [9.17, 15) is 0 Å². The molecule has 0 aromatic heterocycles. The predicted molar refractivity (Wildman–Crippen MR) is 120 cm³/mol. The number of rotatable bonds is 9. The highest BCUT2D eigenvalue weighted by Crippen LogP contribution is 2.35. The molecule has 0 atom stereocenters. The van der Waals surface area contributed by atoms with Crippen LogP contribution in [0.25, 0.3) is 0 Å². The molecule has 1 aliphatic rings. The normalized spacial score (nSPS) is 14.8. The average molecular weight is 504 g/mol. The lowest BCUT2D eigenvalue weighted by atomic mass is 10.2. The third-order valence-corrected chi connectivity index (χ3v) is 6.24. The zero-order chi connectivity index (χ0) is 20.6. The van der Waals surface area contributed by atoms with Gasteiger partial charge in [0.1, 0.15) is 6.61 Å². The number of hydrogen-bond donors (Lipinski definition) is 1. The molecule has 1 fully saturated rings. The smallest absolute Gasteiger partial charge is 0.162 e. The SMILES string of the molecule is COc1cc(CNCCN2CCOCC2)c(Br)cc1OCc1c(Cl)cccc1Cl. The number of nitrogens with zero attached hydrogens (tertiary/aromatic N) is 1. The van der Waals surface area contributed by atoms with Gasteiger partial charge in [-0.15, -0.1) is 0 Å². The zero-order valence-electron chi connectivity index (χ0n) is 16.3. The Labute approximate surface area is 190 Å². The molecule has 5 nitrogen and oxygen atoms in total. The summed E-state index contributed by atoms with van der Waals surface area (Å²) < 4.78 is 17.8. The molecule has 0 amide bonds. The Bertz CT molecular complexity index is 797. The van der Waals surface area contributed by atoms with Crippen molar-refractivity contribution in [3.8, 4) is 11.5 Å². The number of ether oxygens (including phenoxy) is 3. The van der Waals surface area contributed by atoms with Crippen LogP contribution in [0.3, 0.4) is 0 Å². The Morgan fingerprint density at radius 2 is 1.86 bits per heavy atom. The van der Waals surface area contributed by atoms with E-state index in [1.54, 1.807) is 19.2 Å². The van der Waals surface area contributed by atoms with E-state index in [1.165, 1.54) is 0 Å². The van der Waals surface area contributed by atoms with Crippen molar-refractivity contribution in [2.24, 2.45) is 0 Å². The van der Waals surface area contributed by atoms with Crippen molar-refractivity contribution in [3.05, 3.63) is 56.0 Å². The van der Waals surface area contributed by atoms with Crippen molar-refractivity contribution in [2.75, 3.05) is 46.5 Å². The first kappa shape index (κ1) is 22.7. The summed E-state index contributed by atoms with van der Waals surface area (Å²) >= 11 is 16.1. The molecular formula is C21H25BrCl2N2O3. The zero-order valence-corrected chi connectivity index (χ0v) is 19.4. The maximum absolute atomic E-state index is 6.23. The van der Waals surface area contributed by atoms with Crippen LogP contribution in [0.2, 0.25) is 10.0 Å². The number of halogens is 3. The van der Waals surface area contributed by atoms with E-state index in [0.29, 0.717) is 21.5 Å². The van der Waals surface area contributed by atoms with E-state index in [-0.39, 0.29) is 6.61 Å². The molecule has 29 heavy (non-hydrogen) atoms. The van der Waals surface area contributed by atoms with Crippen LogP contribution in [-0.2, 0) is 17.9 Å². The van der Waals surface area contributed by atoms with Gasteiger partial charge in [-0.1, -0.05) is 45.2 Å². The van der Waals surface area contributed by atoms with Crippen LogP contribution >= 0.6 is 39.1 Å². The lowest BCUT2D eigenvalue weighted by Crippen LogP contribution is -2.40. The molecule has 1 N–H and O–H groups in total. The van der Waals surface area contributed by atoms with Crippen LogP contribution in [0.4, 0.5) is 0 Å². The van der Waals surface area contributed by atoms with Gasteiger partial charge < -0.3 is 19.5 Å². The summed E-state index contributed by atoms with van der Waals surface area (Å²) in [6.45, 7) is 6.57. The first-order valence-electron chi connectivity index (χ1n) is 9.51. The molecule has 0 unspecified atom stereocenters. The number of nitrogens with one attached hydrogen (secondary N) is 1. The lowest BCUT2D eigenvalue weighted by molar-refractivity contribution is 0.0384. The number of morpholine rings is 1. The van der Waals surface area contributed by atoms with Crippen LogP contribution < -0.4 is 14.8 Å². The number of hydrogen-bond acceptors (Lipinski definition) is 5. The lowest BCUT2D eigenvalue weighted by Gasteiger charge is -2.26. The summed E-state index contributed by atoms with van der Waals surface area (Å²) in [7, 11) is 1.63. The minimum Gasteiger partial charge on any atom is -0.493 e.